The number of ether oxygens (including phenoxy) is 1. The van der Waals surface area contributed by atoms with Gasteiger partial charge in [-0.15, -0.1) is 0 Å². The zero-order valence-corrected chi connectivity index (χ0v) is 12.4. The van der Waals surface area contributed by atoms with E-state index in [-0.39, 0.29) is 23.9 Å². The lowest BCUT2D eigenvalue weighted by Gasteiger charge is -2.37. The maximum Gasteiger partial charge on any atom is 0.410 e. The summed E-state index contributed by atoms with van der Waals surface area (Å²) in [6, 6.07) is 0.259. The van der Waals surface area contributed by atoms with Gasteiger partial charge >= 0.3 is 6.09 Å². The van der Waals surface area contributed by atoms with Crippen LogP contribution in [0.2, 0.25) is 0 Å². The Labute approximate surface area is 114 Å². The van der Waals surface area contributed by atoms with Crippen LogP contribution in [0.1, 0.15) is 33.1 Å². The molecule has 2 rings (SSSR count). The van der Waals surface area contributed by atoms with E-state index in [0.717, 1.165) is 6.42 Å². The molecule has 110 valence electrons. The summed E-state index contributed by atoms with van der Waals surface area (Å²) in [5.41, 5.74) is 0. The number of carbonyl (C=O) groups excluding carboxylic acids is 1. The van der Waals surface area contributed by atoms with Gasteiger partial charge in [-0.1, -0.05) is 6.92 Å². The molecule has 0 N–H and O–H groups in total. The van der Waals surface area contributed by atoms with Gasteiger partial charge in [0.25, 0.3) is 0 Å². The van der Waals surface area contributed by atoms with E-state index in [2.05, 4.69) is 0 Å². The van der Waals surface area contributed by atoms with Crippen molar-refractivity contribution in [2.75, 3.05) is 25.4 Å². The van der Waals surface area contributed by atoms with E-state index in [1.807, 2.05) is 11.8 Å². The van der Waals surface area contributed by atoms with Crippen molar-refractivity contribution in [3.8, 4) is 0 Å². The Morgan fingerprint density at radius 2 is 1.89 bits per heavy atom. The molecular formula is C12H22N2O4S. The fourth-order valence-corrected chi connectivity index (χ4v) is 3.95. The van der Waals surface area contributed by atoms with Crippen LogP contribution in [0.25, 0.3) is 0 Å². The van der Waals surface area contributed by atoms with Crippen LogP contribution in [0, 0.1) is 0 Å². The summed E-state index contributed by atoms with van der Waals surface area (Å²) in [7, 11) is -3.10. The molecular weight excluding hydrogens is 268 g/mol. The molecule has 2 aliphatic rings. The van der Waals surface area contributed by atoms with Crippen LogP contribution in [-0.4, -0.2) is 61.2 Å². The minimum absolute atomic E-state index is 0.114. The Hall–Kier alpha value is -0.820. The summed E-state index contributed by atoms with van der Waals surface area (Å²) >= 11 is 0. The molecule has 0 radical (unpaired) electrons. The SMILES string of the molecule is CCC1COC(=O)N1C1CCN(S(=O)(=O)CC)CC1. The van der Waals surface area contributed by atoms with Gasteiger partial charge < -0.3 is 4.74 Å². The lowest BCUT2D eigenvalue weighted by atomic mass is 10.0. The zero-order chi connectivity index (χ0) is 14.0. The highest BCUT2D eigenvalue weighted by atomic mass is 32.2. The van der Waals surface area contributed by atoms with Crippen LogP contribution in [0.15, 0.2) is 0 Å². The van der Waals surface area contributed by atoms with E-state index in [1.165, 1.54) is 4.31 Å². The first kappa shape index (κ1) is 14.6. The normalized spacial score (nSPS) is 26.7. The molecule has 7 heteroatoms. The molecule has 1 atom stereocenters. The molecule has 2 fully saturated rings. The molecule has 0 spiro atoms. The van der Waals surface area contributed by atoms with Crippen LogP contribution in [0.3, 0.4) is 0 Å². The Morgan fingerprint density at radius 3 is 2.42 bits per heavy atom. The molecule has 0 aliphatic carbocycles. The first-order valence-electron chi connectivity index (χ1n) is 6.92. The minimum Gasteiger partial charge on any atom is -0.447 e. The Morgan fingerprint density at radius 1 is 1.26 bits per heavy atom. The zero-order valence-electron chi connectivity index (χ0n) is 11.5. The number of hydrogen-bond acceptors (Lipinski definition) is 4. The van der Waals surface area contributed by atoms with Gasteiger partial charge in [0.15, 0.2) is 0 Å². The molecule has 1 unspecified atom stereocenters. The number of carbonyl (C=O) groups is 1. The molecule has 2 aliphatic heterocycles. The summed E-state index contributed by atoms with van der Waals surface area (Å²) in [6.45, 7) is 5.16. The molecule has 2 saturated heterocycles. The fraction of sp³-hybridized carbons (Fsp3) is 0.917. The van der Waals surface area contributed by atoms with Crippen molar-refractivity contribution in [1.29, 1.82) is 0 Å². The van der Waals surface area contributed by atoms with Gasteiger partial charge in [0.05, 0.1) is 11.8 Å². The number of cyclic esters (lactones) is 1. The van der Waals surface area contributed by atoms with Crippen LogP contribution in [0.5, 0.6) is 0 Å². The molecule has 0 aromatic heterocycles. The number of rotatable bonds is 4. The quantitative estimate of drug-likeness (QED) is 0.775. The average Bonchev–Trinajstić information content (AvgIpc) is 2.80. The first-order valence-corrected chi connectivity index (χ1v) is 8.53. The van der Waals surface area contributed by atoms with E-state index in [0.29, 0.717) is 32.5 Å². The number of nitrogens with zero attached hydrogens (tertiary/aromatic N) is 2. The molecule has 0 saturated carbocycles. The Balaban J connectivity index is 1.98. The van der Waals surface area contributed by atoms with Gasteiger partial charge in [-0.25, -0.2) is 17.5 Å². The highest BCUT2D eigenvalue weighted by Gasteiger charge is 2.39. The molecule has 1 amide bonds. The van der Waals surface area contributed by atoms with E-state index < -0.39 is 10.0 Å². The van der Waals surface area contributed by atoms with Crippen molar-refractivity contribution < 1.29 is 17.9 Å². The maximum absolute atomic E-state index is 11.8. The second-order valence-corrected chi connectivity index (χ2v) is 7.33. The fourth-order valence-electron chi connectivity index (χ4n) is 2.81. The molecule has 6 nitrogen and oxygen atoms in total. The minimum atomic E-state index is -3.10. The van der Waals surface area contributed by atoms with Crippen LogP contribution < -0.4 is 0 Å². The van der Waals surface area contributed by atoms with Gasteiger partial charge in [-0.3, -0.25) is 4.90 Å². The van der Waals surface area contributed by atoms with Gasteiger partial charge in [-0.05, 0) is 26.2 Å². The topological polar surface area (TPSA) is 66.9 Å². The van der Waals surface area contributed by atoms with Crippen molar-refractivity contribution >= 4 is 16.1 Å². The van der Waals surface area contributed by atoms with Crippen molar-refractivity contribution in [3.05, 3.63) is 0 Å². The van der Waals surface area contributed by atoms with E-state index in [1.54, 1.807) is 6.92 Å². The number of hydrogen-bond donors (Lipinski definition) is 0. The Kier molecular flexibility index (Phi) is 4.35. The standard InChI is InChI=1S/C12H22N2O4S/c1-3-10-9-18-12(15)14(10)11-5-7-13(8-6-11)19(16,17)4-2/h10-11H,3-9H2,1-2H3. The average molecular weight is 290 g/mol. The van der Waals surface area contributed by atoms with Crippen molar-refractivity contribution in [3.63, 3.8) is 0 Å². The second kappa shape index (κ2) is 5.66. The first-order chi connectivity index (χ1) is 8.99. The van der Waals surface area contributed by atoms with Gasteiger partial charge in [-0.2, -0.15) is 0 Å². The molecule has 0 aromatic rings. The smallest absolute Gasteiger partial charge is 0.410 e. The molecule has 0 aromatic carbocycles. The van der Waals surface area contributed by atoms with Crippen LogP contribution in [-0.2, 0) is 14.8 Å². The molecule has 2 heterocycles. The lowest BCUT2D eigenvalue weighted by Crippen LogP contribution is -2.49. The maximum atomic E-state index is 11.8. The van der Waals surface area contributed by atoms with Crippen molar-refractivity contribution in [2.45, 2.75) is 45.2 Å². The summed E-state index contributed by atoms with van der Waals surface area (Å²) in [5.74, 6) is 0.140. The summed E-state index contributed by atoms with van der Waals surface area (Å²) in [6.07, 6.45) is 2.03. The third kappa shape index (κ3) is 2.86. The van der Waals surface area contributed by atoms with Gasteiger partial charge in [0.1, 0.15) is 6.61 Å². The van der Waals surface area contributed by atoms with E-state index in [4.69, 9.17) is 4.74 Å². The number of sulfonamides is 1. The van der Waals surface area contributed by atoms with E-state index >= 15 is 0 Å². The number of piperidine rings is 1. The summed E-state index contributed by atoms with van der Waals surface area (Å²) in [5, 5.41) is 0. The summed E-state index contributed by atoms with van der Waals surface area (Å²) < 4.78 is 30.2. The predicted octanol–water partition coefficient (Wildman–Crippen LogP) is 1.03. The van der Waals surface area contributed by atoms with Crippen LogP contribution >= 0.6 is 0 Å². The predicted molar refractivity (Wildman–Crippen MR) is 71.3 cm³/mol. The van der Waals surface area contributed by atoms with Crippen molar-refractivity contribution in [2.24, 2.45) is 0 Å². The van der Waals surface area contributed by atoms with Crippen molar-refractivity contribution in [1.82, 2.24) is 9.21 Å². The van der Waals surface area contributed by atoms with Gasteiger partial charge in [0.2, 0.25) is 10.0 Å². The highest BCUT2D eigenvalue weighted by molar-refractivity contribution is 7.89. The third-order valence-corrected chi connectivity index (χ3v) is 5.93. The largest absolute Gasteiger partial charge is 0.447 e. The molecule has 0 bridgehead atoms. The Bertz CT molecular complexity index is 429. The van der Waals surface area contributed by atoms with Gasteiger partial charge in [0, 0.05) is 19.1 Å². The second-order valence-electron chi connectivity index (χ2n) is 5.08. The lowest BCUT2D eigenvalue weighted by molar-refractivity contribution is 0.124. The van der Waals surface area contributed by atoms with E-state index in [9.17, 15) is 13.2 Å². The third-order valence-electron chi connectivity index (χ3n) is 4.05. The number of amides is 1. The molecule has 19 heavy (non-hydrogen) atoms. The highest BCUT2D eigenvalue weighted by Crippen LogP contribution is 2.26. The summed E-state index contributed by atoms with van der Waals surface area (Å²) in [4.78, 5) is 13.6. The monoisotopic (exact) mass is 290 g/mol. The van der Waals surface area contributed by atoms with Crippen LogP contribution in [0.4, 0.5) is 4.79 Å².